The first-order valence-corrected chi connectivity index (χ1v) is 9.97. The van der Waals surface area contributed by atoms with Crippen molar-refractivity contribution in [2.75, 3.05) is 13.1 Å². The van der Waals surface area contributed by atoms with Crippen molar-refractivity contribution in [3.63, 3.8) is 0 Å². The van der Waals surface area contributed by atoms with E-state index in [4.69, 9.17) is 4.74 Å². The minimum Gasteiger partial charge on any atom is -0.489 e. The summed E-state index contributed by atoms with van der Waals surface area (Å²) in [4.78, 5) is 2.42. The molecule has 0 bridgehead atoms. The lowest BCUT2D eigenvalue weighted by molar-refractivity contribution is -0.0277. The topological polar surface area (TPSA) is 32.7 Å². The molecule has 3 aromatic rings. The van der Waals surface area contributed by atoms with Crippen LogP contribution in [0.4, 0.5) is 0 Å². The van der Waals surface area contributed by atoms with Crippen LogP contribution in [0.1, 0.15) is 29.5 Å². The molecule has 0 saturated carbocycles. The molecule has 0 amide bonds. The molecular formula is C25H27NO2. The van der Waals surface area contributed by atoms with Crippen LogP contribution in [0.2, 0.25) is 0 Å². The van der Waals surface area contributed by atoms with E-state index >= 15 is 0 Å². The summed E-state index contributed by atoms with van der Waals surface area (Å²) >= 11 is 0. The van der Waals surface area contributed by atoms with E-state index in [-0.39, 0.29) is 0 Å². The first-order valence-electron chi connectivity index (χ1n) is 9.97. The summed E-state index contributed by atoms with van der Waals surface area (Å²) in [6.07, 6.45) is 1.51. The van der Waals surface area contributed by atoms with Gasteiger partial charge in [-0.2, -0.15) is 0 Å². The summed E-state index contributed by atoms with van der Waals surface area (Å²) in [7, 11) is 0. The fraction of sp³-hybridized carbons (Fsp3) is 0.280. The number of piperidine rings is 1. The molecule has 144 valence electrons. The fourth-order valence-corrected chi connectivity index (χ4v) is 3.81. The standard InChI is InChI=1S/C25H27NO2/c27-25(15-17-26(18-16-25)19-21-7-3-1-4-8-21)23-11-13-24(14-12-23)28-20-22-9-5-2-6-10-22/h1-14,27H,15-20H2. The highest BCUT2D eigenvalue weighted by atomic mass is 16.5. The Bertz CT molecular complexity index is 854. The van der Waals surface area contributed by atoms with Crippen LogP contribution in [-0.2, 0) is 18.8 Å². The summed E-state index contributed by atoms with van der Waals surface area (Å²) in [6.45, 7) is 3.30. The van der Waals surface area contributed by atoms with Gasteiger partial charge in [0.1, 0.15) is 12.4 Å². The number of nitrogens with zero attached hydrogens (tertiary/aromatic N) is 1. The second kappa shape index (κ2) is 8.59. The molecule has 0 spiro atoms. The summed E-state index contributed by atoms with van der Waals surface area (Å²) in [5.74, 6) is 0.831. The largest absolute Gasteiger partial charge is 0.489 e. The first-order chi connectivity index (χ1) is 13.7. The van der Waals surface area contributed by atoms with E-state index in [0.29, 0.717) is 6.61 Å². The van der Waals surface area contributed by atoms with Gasteiger partial charge in [0.15, 0.2) is 0 Å². The molecule has 1 N–H and O–H groups in total. The zero-order chi connectivity index (χ0) is 19.2. The van der Waals surface area contributed by atoms with Crippen LogP contribution in [0.25, 0.3) is 0 Å². The first kappa shape index (κ1) is 18.7. The van der Waals surface area contributed by atoms with Crippen molar-refractivity contribution < 1.29 is 9.84 Å². The molecule has 3 nitrogen and oxygen atoms in total. The molecule has 0 unspecified atom stereocenters. The Kier molecular flexibility index (Phi) is 5.75. The smallest absolute Gasteiger partial charge is 0.119 e. The molecule has 0 radical (unpaired) electrons. The maximum atomic E-state index is 11.2. The maximum absolute atomic E-state index is 11.2. The lowest BCUT2D eigenvalue weighted by Gasteiger charge is -2.38. The third-order valence-electron chi connectivity index (χ3n) is 5.57. The molecule has 3 heteroatoms. The second-order valence-electron chi connectivity index (χ2n) is 7.59. The van der Waals surface area contributed by atoms with E-state index in [9.17, 15) is 5.11 Å². The van der Waals surface area contributed by atoms with E-state index in [1.54, 1.807) is 0 Å². The minimum atomic E-state index is -0.745. The van der Waals surface area contributed by atoms with Gasteiger partial charge < -0.3 is 9.84 Å². The average Bonchev–Trinajstić information content (AvgIpc) is 2.76. The molecule has 1 aliphatic rings. The van der Waals surface area contributed by atoms with Crippen molar-refractivity contribution in [3.05, 3.63) is 102 Å². The van der Waals surface area contributed by atoms with E-state index < -0.39 is 5.60 Å². The van der Waals surface area contributed by atoms with Crippen LogP contribution in [0.15, 0.2) is 84.9 Å². The quantitative estimate of drug-likeness (QED) is 0.677. The van der Waals surface area contributed by atoms with Gasteiger partial charge in [0, 0.05) is 19.6 Å². The highest BCUT2D eigenvalue weighted by Crippen LogP contribution is 2.34. The molecule has 3 aromatic carbocycles. The predicted octanol–water partition coefficient (Wildman–Crippen LogP) is 4.75. The Morgan fingerprint density at radius 1 is 0.750 bits per heavy atom. The Morgan fingerprint density at radius 2 is 1.32 bits per heavy atom. The number of hydrogen-bond donors (Lipinski definition) is 1. The summed E-state index contributed by atoms with van der Waals surface area (Å²) < 4.78 is 5.86. The van der Waals surface area contributed by atoms with Crippen molar-refractivity contribution in [1.29, 1.82) is 0 Å². The molecule has 4 rings (SSSR count). The van der Waals surface area contributed by atoms with Crippen LogP contribution >= 0.6 is 0 Å². The van der Waals surface area contributed by atoms with Crippen molar-refractivity contribution in [2.45, 2.75) is 31.6 Å². The van der Waals surface area contributed by atoms with Gasteiger partial charge in [0.25, 0.3) is 0 Å². The van der Waals surface area contributed by atoms with E-state index in [2.05, 4.69) is 41.3 Å². The molecule has 0 aromatic heterocycles. The van der Waals surface area contributed by atoms with Gasteiger partial charge in [-0.15, -0.1) is 0 Å². The monoisotopic (exact) mass is 373 g/mol. The highest BCUT2D eigenvalue weighted by molar-refractivity contribution is 5.31. The third kappa shape index (κ3) is 4.61. The van der Waals surface area contributed by atoms with Crippen molar-refractivity contribution in [2.24, 2.45) is 0 Å². The number of ether oxygens (including phenoxy) is 1. The molecule has 28 heavy (non-hydrogen) atoms. The van der Waals surface area contributed by atoms with Gasteiger partial charge in [-0.05, 0) is 41.7 Å². The molecule has 0 aliphatic carbocycles. The van der Waals surface area contributed by atoms with Crippen LogP contribution < -0.4 is 4.74 Å². The molecule has 1 fully saturated rings. The lowest BCUT2D eigenvalue weighted by Crippen LogP contribution is -2.42. The Labute approximate surface area is 167 Å². The van der Waals surface area contributed by atoms with E-state index in [1.165, 1.54) is 5.56 Å². The van der Waals surface area contributed by atoms with Crippen LogP contribution in [0.3, 0.4) is 0 Å². The Balaban J connectivity index is 1.32. The van der Waals surface area contributed by atoms with Gasteiger partial charge in [-0.1, -0.05) is 72.8 Å². The third-order valence-corrected chi connectivity index (χ3v) is 5.57. The lowest BCUT2D eigenvalue weighted by atomic mass is 9.84. The van der Waals surface area contributed by atoms with E-state index in [1.807, 2.05) is 48.5 Å². The number of aliphatic hydroxyl groups is 1. The van der Waals surface area contributed by atoms with Gasteiger partial charge >= 0.3 is 0 Å². The SMILES string of the molecule is OC1(c2ccc(OCc3ccccc3)cc2)CCN(Cc2ccccc2)CC1. The number of benzene rings is 3. The predicted molar refractivity (Wildman–Crippen MR) is 112 cm³/mol. The minimum absolute atomic E-state index is 0.554. The summed E-state index contributed by atoms with van der Waals surface area (Å²) in [5, 5.41) is 11.2. The van der Waals surface area contributed by atoms with Crippen LogP contribution in [0.5, 0.6) is 5.75 Å². The fourth-order valence-electron chi connectivity index (χ4n) is 3.81. The summed E-state index contributed by atoms with van der Waals surface area (Å²) in [5.41, 5.74) is 2.72. The van der Waals surface area contributed by atoms with Crippen molar-refractivity contribution in [3.8, 4) is 5.75 Å². The Hall–Kier alpha value is -2.62. The molecule has 1 heterocycles. The summed E-state index contributed by atoms with van der Waals surface area (Å²) in [6, 6.07) is 28.6. The highest BCUT2D eigenvalue weighted by Gasteiger charge is 2.33. The zero-order valence-electron chi connectivity index (χ0n) is 16.1. The molecular weight excluding hydrogens is 346 g/mol. The number of rotatable bonds is 6. The van der Waals surface area contributed by atoms with Gasteiger partial charge in [0.05, 0.1) is 5.60 Å². The van der Waals surface area contributed by atoms with Crippen LogP contribution in [-0.4, -0.2) is 23.1 Å². The number of hydrogen-bond acceptors (Lipinski definition) is 3. The maximum Gasteiger partial charge on any atom is 0.119 e. The second-order valence-corrected chi connectivity index (χ2v) is 7.59. The normalized spacial score (nSPS) is 16.6. The number of likely N-dealkylation sites (tertiary alicyclic amines) is 1. The van der Waals surface area contributed by atoms with Gasteiger partial charge in [-0.3, -0.25) is 4.90 Å². The average molecular weight is 373 g/mol. The van der Waals surface area contributed by atoms with E-state index in [0.717, 1.165) is 49.4 Å². The Morgan fingerprint density at radius 3 is 1.93 bits per heavy atom. The van der Waals surface area contributed by atoms with Crippen molar-refractivity contribution >= 4 is 0 Å². The van der Waals surface area contributed by atoms with Crippen molar-refractivity contribution in [1.82, 2.24) is 4.90 Å². The molecule has 1 saturated heterocycles. The van der Waals surface area contributed by atoms with Crippen LogP contribution in [0, 0.1) is 0 Å². The molecule has 0 atom stereocenters. The molecule has 1 aliphatic heterocycles. The van der Waals surface area contributed by atoms with Gasteiger partial charge in [-0.25, -0.2) is 0 Å². The zero-order valence-corrected chi connectivity index (χ0v) is 16.1. The van der Waals surface area contributed by atoms with Gasteiger partial charge in [0.2, 0.25) is 0 Å².